The maximum Gasteiger partial charge on any atom is 0.00903 e. The van der Waals surface area contributed by atoms with Crippen LogP contribution >= 0.6 is 0 Å². The van der Waals surface area contributed by atoms with Crippen molar-refractivity contribution < 1.29 is 0 Å². The van der Waals surface area contributed by atoms with Crippen molar-refractivity contribution in [2.45, 2.75) is 51.6 Å². The molecule has 0 aliphatic heterocycles. The maximum atomic E-state index is 2.37. The lowest BCUT2D eigenvalue weighted by Gasteiger charge is -2.35. The second-order valence-electron chi connectivity index (χ2n) is 4.39. The van der Waals surface area contributed by atoms with Crippen molar-refractivity contribution in [1.82, 2.24) is 9.80 Å². The summed E-state index contributed by atoms with van der Waals surface area (Å²) in [6.07, 6.45) is 5.48. The van der Waals surface area contributed by atoms with Gasteiger partial charge in [-0.1, -0.05) is 13.8 Å². The van der Waals surface area contributed by atoms with Crippen molar-refractivity contribution >= 4 is 0 Å². The van der Waals surface area contributed by atoms with Crippen molar-refractivity contribution in [3.8, 4) is 0 Å². The number of hydrogen-bond acceptors (Lipinski definition) is 2. The van der Waals surface area contributed by atoms with Crippen molar-refractivity contribution in [3.63, 3.8) is 0 Å². The van der Waals surface area contributed by atoms with Gasteiger partial charge in [-0.3, -0.25) is 0 Å². The lowest BCUT2D eigenvalue weighted by Crippen LogP contribution is -2.38. The number of nitrogens with zero attached hydrogens (tertiary/aromatic N) is 2. The molecule has 1 aliphatic rings. The van der Waals surface area contributed by atoms with Crippen LogP contribution < -0.4 is 0 Å². The predicted octanol–water partition coefficient (Wildman–Crippen LogP) is 2.45. The third-order valence-corrected chi connectivity index (χ3v) is 3.13. The highest BCUT2D eigenvalue weighted by atomic mass is 15.1. The Labute approximate surface area is 90.3 Å². The van der Waals surface area contributed by atoms with Crippen molar-refractivity contribution in [1.29, 1.82) is 0 Å². The van der Waals surface area contributed by atoms with Gasteiger partial charge < -0.3 is 9.80 Å². The van der Waals surface area contributed by atoms with Gasteiger partial charge in [0.1, 0.15) is 0 Å². The molecule has 2 heteroatoms. The SMILES string of the molecule is CC.CN(C)C1CCC(N(C)C)CC1. The molecule has 1 saturated carbocycles. The Balaban J connectivity index is 0.000000791. The molecule has 2 nitrogen and oxygen atoms in total. The first-order valence-electron chi connectivity index (χ1n) is 5.94. The van der Waals surface area contributed by atoms with Gasteiger partial charge in [-0.25, -0.2) is 0 Å². The van der Waals surface area contributed by atoms with Gasteiger partial charge in [0.15, 0.2) is 0 Å². The van der Waals surface area contributed by atoms with Gasteiger partial charge in [0.05, 0.1) is 0 Å². The molecular weight excluding hydrogens is 172 g/mol. The Kier molecular flexibility index (Phi) is 7.20. The zero-order chi connectivity index (χ0) is 11.1. The lowest BCUT2D eigenvalue weighted by atomic mass is 9.90. The summed E-state index contributed by atoms with van der Waals surface area (Å²) in [5.74, 6) is 0. The Morgan fingerprint density at radius 3 is 1.00 bits per heavy atom. The summed E-state index contributed by atoms with van der Waals surface area (Å²) in [6, 6.07) is 1.67. The van der Waals surface area contributed by atoms with E-state index < -0.39 is 0 Å². The van der Waals surface area contributed by atoms with Crippen LogP contribution in [-0.2, 0) is 0 Å². The van der Waals surface area contributed by atoms with Crippen LogP contribution in [0.1, 0.15) is 39.5 Å². The Morgan fingerprint density at radius 1 is 0.643 bits per heavy atom. The van der Waals surface area contributed by atoms with Crippen LogP contribution in [0.25, 0.3) is 0 Å². The van der Waals surface area contributed by atoms with Crippen LogP contribution in [-0.4, -0.2) is 50.1 Å². The van der Waals surface area contributed by atoms with Crippen LogP contribution in [0.2, 0.25) is 0 Å². The molecule has 0 aromatic rings. The van der Waals surface area contributed by atoms with Crippen LogP contribution in [0.4, 0.5) is 0 Å². The van der Waals surface area contributed by atoms with Gasteiger partial charge >= 0.3 is 0 Å². The van der Waals surface area contributed by atoms with E-state index in [4.69, 9.17) is 0 Å². The highest BCUT2D eigenvalue weighted by Gasteiger charge is 2.22. The van der Waals surface area contributed by atoms with Gasteiger partial charge in [-0.05, 0) is 53.9 Å². The van der Waals surface area contributed by atoms with Crippen LogP contribution in [0.5, 0.6) is 0 Å². The molecule has 14 heavy (non-hydrogen) atoms. The molecule has 1 fully saturated rings. The summed E-state index contributed by atoms with van der Waals surface area (Å²) < 4.78 is 0. The van der Waals surface area contributed by atoms with Crippen LogP contribution in [0, 0.1) is 0 Å². The van der Waals surface area contributed by atoms with E-state index in [1.165, 1.54) is 25.7 Å². The van der Waals surface area contributed by atoms with Gasteiger partial charge in [0.2, 0.25) is 0 Å². The molecule has 0 saturated heterocycles. The highest BCUT2D eigenvalue weighted by molar-refractivity contribution is 4.80. The van der Waals surface area contributed by atoms with E-state index in [9.17, 15) is 0 Å². The molecule has 0 N–H and O–H groups in total. The summed E-state index contributed by atoms with van der Waals surface area (Å²) in [5, 5.41) is 0. The van der Waals surface area contributed by atoms with Crippen molar-refractivity contribution in [2.24, 2.45) is 0 Å². The van der Waals surface area contributed by atoms with Gasteiger partial charge in [-0.15, -0.1) is 0 Å². The monoisotopic (exact) mass is 200 g/mol. The molecule has 1 aliphatic carbocycles. The van der Waals surface area contributed by atoms with Gasteiger partial charge in [0, 0.05) is 12.1 Å². The Bertz CT molecular complexity index is 108. The van der Waals surface area contributed by atoms with Crippen LogP contribution in [0.15, 0.2) is 0 Å². The van der Waals surface area contributed by atoms with E-state index in [1.807, 2.05) is 13.8 Å². The molecule has 0 spiro atoms. The van der Waals surface area contributed by atoms with E-state index in [0.717, 1.165) is 12.1 Å². The third-order valence-electron chi connectivity index (χ3n) is 3.13. The first kappa shape index (κ1) is 13.9. The smallest absolute Gasteiger partial charge is 0.00903 e. The molecular formula is C12H28N2. The summed E-state index contributed by atoms with van der Waals surface area (Å²) in [4.78, 5) is 4.73. The first-order valence-corrected chi connectivity index (χ1v) is 5.94. The summed E-state index contributed by atoms with van der Waals surface area (Å²) in [5.41, 5.74) is 0. The molecule has 0 atom stereocenters. The lowest BCUT2D eigenvalue weighted by molar-refractivity contribution is 0.156. The standard InChI is InChI=1S/C10H22N2.C2H6/c1-11(2)9-5-7-10(8-6-9)12(3)4;1-2/h9-10H,5-8H2,1-4H3;1-2H3. The van der Waals surface area contributed by atoms with Crippen molar-refractivity contribution in [3.05, 3.63) is 0 Å². The van der Waals surface area contributed by atoms with E-state index in [-0.39, 0.29) is 0 Å². The average Bonchev–Trinajstić information content (AvgIpc) is 2.21. The predicted molar refractivity (Wildman–Crippen MR) is 64.8 cm³/mol. The minimum atomic E-state index is 0.834. The molecule has 0 radical (unpaired) electrons. The minimum absolute atomic E-state index is 0.834. The topological polar surface area (TPSA) is 6.48 Å². The van der Waals surface area contributed by atoms with E-state index >= 15 is 0 Å². The maximum absolute atomic E-state index is 2.37. The molecule has 0 amide bonds. The van der Waals surface area contributed by atoms with Crippen molar-refractivity contribution in [2.75, 3.05) is 28.2 Å². The number of hydrogen-bond donors (Lipinski definition) is 0. The quantitative estimate of drug-likeness (QED) is 0.675. The summed E-state index contributed by atoms with van der Waals surface area (Å²) in [7, 11) is 8.78. The largest absolute Gasteiger partial charge is 0.306 e. The second kappa shape index (κ2) is 7.24. The molecule has 86 valence electrons. The zero-order valence-electron chi connectivity index (χ0n) is 10.9. The molecule has 0 aromatic heterocycles. The summed E-state index contributed by atoms with van der Waals surface area (Å²) >= 11 is 0. The second-order valence-corrected chi connectivity index (χ2v) is 4.39. The molecule has 0 bridgehead atoms. The van der Waals surface area contributed by atoms with Gasteiger partial charge in [-0.2, -0.15) is 0 Å². The molecule has 0 heterocycles. The Hall–Kier alpha value is -0.0800. The minimum Gasteiger partial charge on any atom is -0.306 e. The van der Waals surface area contributed by atoms with E-state index in [1.54, 1.807) is 0 Å². The first-order chi connectivity index (χ1) is 6.61. The highest BCUT2D eigenvalue weighted by Crippen LogP contribution is 2.23. The normalized spacial score (nSPS) is 27.4. The average molecular weight is 200 g/mol. The van der Waals surface area contributed by atoms with Crippen LogP contribution in [0.3, 0.4) is 0 Å². The fraction of sp³-hybridized carbons (Fsp3) is 1.00. The summed E-state index contributed by atoms with van der Waals surface area (Å²) in [6.45, 7) is 4.00. The third kappa shape index (κ3) is 4.43. The van der Waals surface area contributed by atoms with Gasteiger partial charge in [0.25, 0.3) is 0 Å². The fourth-order valence-corrected chi connectivity index (χ4v) is 2.09. The number of rotatable bonds is 2. The zero-order valence-corrected chi connectivity index (χ0v) is 10.9. The fourth-order valence-electron chi connectivity index (χ4n) is 2.09. The molecule has 1 rings (SSSR count). The Morgan fingerprint density at radius 2 is 0.857 bits per heavy atom. The van der Waals surface area contributed by atoms with E-state index in [2.05, 4.69) is 38.0 Å². The molecule has 0 aromatic carbocycles. The van der Waals surface area contributed by atoms with E-state index in [0.29, 0.717) is 0 Å². The molecule has 0 unspecified atom stereocenters.